The normalized spacial score (nSPS) is 14.4. The fraction of sp³-hybridized carbons (Fsp3) is 0.458. The first-order chi connectivity index (χ1) is 16.5. The van der Waals surface area contributed by atoms with Crippen molar-refractivity contribution in [3.63, 3.8) is 0 Å². The molecular formula is C24H30N8O2. The van der Waals surface area contributed by atoms with Gasteiger partial charge in [-0.05, 0) is 19.4 Å². The smallest absolute Gasteiger partial charge is 0.332 e. The highest BCUT2D eigenvalue weighted by atomic mass is 16.2. The lowest BCUT2D eigenvalue weighted by atomic mass is 10.2. The summed E-state index contributed by atoms with van der Waals surface area (Å²) in [5.41, 5.74) is 1.73. The maximum Gasteiger partial charge on any atom is 0.332 e. The Balaban J connectivity index is 1.67. The van der Waals surface area contributed by atoms with Crippen molar-refractivity contribution in [2.45, 2.75) is 39.8 Å². The minimum absolute atomic E-state index is 0.00897. The lowest BCUT2D eigenvalue weighted by molar-refractivity contribution is 0.558. The van der Waals surface area contributed by atoms with Crippen LogP contribution in [-0.4, -0.2) is 54.8 Å². The molecule has 0 atom stereocenters. The summed E-state index contributed by atoms with van der Waals surface area (Å²) in [5.74, 6) is 1.20. The lowest BCUT2D eigenvalue weighted by Crippen LogP contribution is -2.44. The Morgan fingerprint density at radius 3 is 2.56 bits per heavy atom. The van der Waals surface area contributed by atoms with E-state index in [1.165, 1.54) is 9.13 Å². The van der Waals surface area contributed by atoms with E-state index < -0.39 is 5.69 Å². The molecular weight excluding hydrogens is 432 g/mol. The van der Waals surface area contributed by atoms with Crippen LogP contribution in [-0.2, 0) is 20.1 Å². The van der Waals surface area contributed by atoms with Crippen molar-refractivity contribution >= 4 is 28.0 Å². The number of fused-ring (bicyclic) bond motifs is 2. The molecule has 0 unspecified atom stereocenters. The van der Waals surface area contributed by atoms with Crippen LogP contribution in [0.25, 0.3) is 22.1 Å². The molecule has 3 aromatic heterocycles. The van der Waals surface area contributed by atoms with Crippen molar-refractivity contribution in [3.05, 3.63) is 56.6 Å². The van der Waals surface area contributed by atoms with Gasteiger partial charge in [0, 0.05) is 50.9 Å². The summed E-state index contributed by atoms with van der Waals surface area (Å²) in [6.07, 6.45) is 1.91. The molecule has 0 amide bonds. The molecule has 1 N–H and O–H groups in total. The molecule has 178 valence electrons. The lowest BCUT2D eigenvalue weighted by Gasteiger charge is -2.28. The van der Waals surface area contributed by atoms with Gasteiger partial charge >= 0.3 is 5.69 Å². The second-order valence-electron chi connectivity index (χ2n) is 8.80. The van der Waals surface area contributed by atoms with Crippen molar-refractivity contribution in [1.82, 2.24) is 34.0 Å². The van der Waals surface area contributed by atoms with E-state index in [1.54, 1.807) is 7.05 Å². The summed E-state index contributed by atoms with van der Waals surface area (Å²) in [5, 5.41) is 4.31. The highest BCUT2D eigenvalue weighted by Gasteiger charge is 2.24. The number of hydrogen-bond acceptors (Lipinski definition) is 7. The summed E-state index contributed by atoms with van der Waals surface area (Å²) in [6, 6.07) is 7.74. The van der Waals surface area contributed by atoms with Crippen LogP contribution in [0.4, 0.5) is 5.95 Å². The molecule has 1 aromatic carbocycles. The Kier molecular flexibility index (Phi) is 5.91. The Labute approximate surface area is 196 Å². The maximum absolute atomic E-state index is 13.7. The van der Waals surface area contributed by atoms with E-state index in [0.717, 1.165) is 61.6 Å². The number of nitrogens with zero attached hydrogens (tertiary/aromatic N) is 7. The second kappa shape index (κ2) is 9.02. The molecule has 10 nitrogen and oxygen atoms in total. The molecule has 1 saturated heterocycles. The zero-order chi connectivity index (χ0) is 23.8. The number of unbranched alkanes of at least 4 members (excludes halogenated alkanes) is 1. The van der Waals surface area contributed by atoms with Gasteiger partial charge in [-0.2, -0.15) is 4.98 Å². The molecule has 0 spiro atoms. The van der Waals surface area contributed by atoms with E-state index in [-0.39, 0.29) is 12.1 Å². The van der Waals surface area contributed by atoms with Crippen LogP contribution in [0, 0.1) is 6.92 Å². The van der Waals surface area contributed by atoms with Crippen LogP contribution in [0.15, 0.2) is 33.9 Å². The molecule has 1 aliphatic heterocycles. The van der Waals surface area contributed by atoms with Crippen LogP contribution in [0.1, 0.15) is 31.3 Å². The quantitative estimate of drug-likeness (QED) is 0.462. The van der Waals surface area contributed by atoms with Gasteiger partial charge in [-0.1, -0.05) is 31.5 Å². The van der Waals surface area contributed by atoms with E-state index in [4.69, 9.17) is 4.98 Å². The van der Waals surface area contributed by atoms with Crippen LogP contribution in [0.2, 0.25) is 0 Å². The molecule has 0 saturated carbocycles. The van der Waals surface area contributed by atoms with Crippen LogP contribution < -0.4 is 21.5 Å². The van der Waals surface area contributed by atoms with E-state index >= 15 is 0 Å². The van der Waals surface area contributed by atoms with Gasteiger partial charge in [-0.15, -0.1) is 0 Å². The highest BCUT2D eigenvalue weighted by Crippen LogP contribution is 2.21. The third-order valence-corrected chi connectivity index (χ3v) is 6.49. The number of rotatable bonds is 6. The second-order valence-corrected chi connectivity index (χ2v) is 8.80. The number of para-hydroxylation sites is 1. The molecule has 4 heterocycles. The van der Waals surface area contributed by atoms with Gasteiger partial charge in [0.2, 0.25) is 5.95 Å². The number of anilines is 1. The fourth-order valence-electron chi connectivity index (χ4n) is 4.64. The molecule has 34 heavy (non-hydrogen) atoms. The van der Waals surface area contributed by atoms with Gasteiger partial charge in [0.05, 0.1) is 12.1 Å². The summed E-state index contributed by atoms with van der Waals surface area (Å²) in [7, 11) is 1.67. The SMILES string of the molecule is CCCCn1c(N2CCNCC2)nc2c1c(=O)n(Cc1nc(C)c3ccccc3n1)c(=O)n2C. The average molecular weight is 463 g/mol. The number of hydrogen-bond donors (Lipinski definition) is 1. The predicted molar refractivity (Wildman–Crippen MR) is 133 cm³/mol. The molecule has 10 heteroatoms. The zero-order valence-electron chi connectivity index (χ0n) is 19.9. The third-order valence-electron chi connectivity index (χ3n) is 6.49. The Bertz CT molecular complexity index is 1480. The number of aryl methyl sites for hydroxylation is 3. The number of aromatic nitrogens is 6. The Morgan fingerprint density at radius 1 is 1.03 bits per heavy atom. The van der Waals surface area contributed by atoms with Gasteiger partial charge in [0.15, 0.2) is 11.2 Å². The Hall–Kier alpha value is -3.53. The largest absolute Gasteiger partial charge is 0.340 e. The van der Waals surface area contributed by atoms with Crippen molar-refractivity contribution in [1.29, 1.82) is 0 Å². The van der Waals surface area contributed by atoms with Crippen LogP contribution >= 0.6 is 0 Å². The standard InChI is InChI=1S/C24H30N8O2/c1-4-5-12-31-20-21(28-23(31)30-13-10-25-11-14-30)29(3)24(34)32(22(20)33)15-19-26-16(2)17-8-6-7-9-18(17)27-19/h6-9,25H,4-5,10-15H2,1-3H3. The van der Waals surface area contributed by atoms with Crippen molar-refractivity contribution in [3.8, 4) is 0 Å². The van der Waals surface area contributed by atoms with Crippen molar-refractivity contribution < 1.29 is 0 Å². The summed E-state index contributed by atoms with van der Waals surface area (Å²) >= 11 is 0. The van der Waals surface area contributed by atoms with Crippen LogP contribution in [0.3, 0.4) is 0 Å². The van der Waals surface area contributed by atoms with E-state index in [9.17, 15) is 9.59 Å². The minimum atomic E-state index is -0.418. The number of nitrogens with one attached hydrogen (secondary N) is 1. The zero-order valence-corrected chi connectivity index (χ0v) is 19.9. The van der Waals surface area contributed by atoms with Gasteiger partial charge < -0.3 is 14.8 Å². The molecule has 4 aromatic rings. The Morgan fingerprint density at radius 2 is 1.79 bits per heavy atom. The van der Waals surface area contributed by atoms with Gasteiger partial charge in [-0.3, -0.25) is 13.9 Å². The monoisotopic (exact) mass is 462 g/mol. The number of benzene rings is 1. The van der Waals surface area contributed by atoms with Crippen LogP contribution in [0.5, 0.6) is 0 Å². The average Bonchev–Trinajstić information content (AvgIpc) is 3.24. The van der Waals surface area contributed by atoms with E-state index in [0.29, 0.717) is 23.5 Å². The maximum atomic E-state index is 13.7. The first-order valence-electron chi connectivity index (χ1n) is 11.9. The molecule has 0 radical (unpaired) electrons. The summed E-state index contributed by atoms with van der Waals surface area (Å²) in [4.78, 5) is 43.2. The fourth-order valence-corrected chi connectivity index (χ4v) is 4.64. The van der Waals surface area contributed by atoms with Gasteiger partial charge in [-0.25, -0.2) is 14.8 Å². The number of imidazole rings is 1. The van der Waals surface area contributed by atoms with Gasteiger partial charge in [0.1, 0.15) is 5.82 Å². The molecule has 1 aliphatic rings. The first kappa shape index (κ1) is 22.3. The van der Waals surface area contributed by atoms with Crippen molar-refractivity contribution in [2.24, 2.45) is 7.05 Å². The van der Waals surface area contributed by atoms with Crippen molar-refractivity contribution in [2.75, 3.05) is 31.1 Å². The summed E-state index contributed by atoms with van der Waals surface area (Å²) < 4.78 is 4.70. The topological polar surface area (TPSA) is 103 Å². The first-order valence-corrected chi connectivity index (χ1v) is 11.9. The third kappa shape index (κ3) is 3.77. The molecule has 0 bridgehead atoms. The molecule has 0 aliphatic carbocycles. The predicted octanol–water partition coefficient (Wildman–Crippen LogP) is 1.41. The highest BCUT2D eigenvalue weighted by molar-refractivity contribution is 5.80. The number of piperazine rings is 1. The molecule has 5 rings (SSSR count). The van der Waals surface area contributed by atoms with E-state index in [2.05, 4.69) is 27.1 Å². The summed E-state index contributed by atoms with van der Waals surface area (Å²) in [6.45, 7) is 8.05. The minimum Gasteiger partial charge on any atom is -0.340 e. The van der Waals surface area contributed by atoms with Gasteiger partial charge in [0.25, 0.3) is 5.56 Å². The van der Waals surface area contributed by atoms with E-state index in [1.807, 2.05) is 35.8 Å². The molecule has 1 fully saturated rings.